The number of rotatable bonds is 4. The largest absolute Gasteiger partial charge is 0.273 e. The van der Waals surface area contributed by atoms with Crippen molar-refractivity contribution in [3.63, 3.8) is 0 Å². The van der Waals surface area contributed by atoms with Crippen LogP contribution in [0.15, 0.2) is 23.8 Å². The number of halogens is 1. The van der Waals surface area contributed by atoms with Gasteiger partial charge >= 0.3 is 0 Å². The number of nitro groups is 1. The Balaban J connectivity index is 3.24. The average molecular weight is 254 g/mol. The van der Waals surface area contributed by atoms with Crippen molar-refractivity contribution in [2.45, 2.75) is 26.7 Å². The van der Waals surface area contributed by atoms with Crippen LogP contribution in [0, 0.1) is 10.1 Å². The molecule has 0 N–H and O–H groups in total. The first-order valence-corrected chi connectivity index (χ1v) is 6.00. The van der Waals surface area contributed by atoms with Gasteiger partial charge in [-0.05, 0) is 18.4 Å². The van der Waals surface area contributed by atoms with Gasteiger partial charge in [-0.15, -0.1) is 11.6 Å². The number of nitro benzene ring substituents is 1. The zero-order valence-electron chi connectivity index (χ0n) is 10.2. The normalized spacial score (nSPS) is 11.9. The summed E-state index contributed by atoms with van der Waals surface area (Å²) >= 11 is 5.68. The van der Waals surface area contributed by atoms with Gasteiger partial charge in [0, 0.05) is 17.5 Å². The van der Waals surface area contributed by atoms with Crippen molar-refractivity contribution in [1.29, 1.82) is 0 Å². The number of allylic oxidation sites excluding steroid dienone is 1. The fourth-order valence-electron chi connectivity index (χ4n) is 1.62. The molecule has 17 heavy (non-hydrogen) atoms. The zero-order valence-corrected chi connectivity index (χ0v) is 11.0. The van der Waals surface area contributed by atoms with Gasteiger partial charge in [0.25, 0.3) is 5.69 Å². The molecule has 0 saturated carbocycles. The molecule has 0 radical (unpaired) electrons. The van der Waals surface area contributed by atoms with Crippen molar-refractivity contribution in [3.8, 4) is 0 Å². The SMILES string of the molecule is CC(=Cc1ccc(C(C)C)c([N+](=O)[O-])c1)CCl. The van der Waals surface area contributed by atoms with E-state index in [1.54, 1.807) is 6.07 Å². The summed E-state index contributed by atoms with van der Waals surface area (Å²) in [6, 6.07) is 5.31. The van der Waals surface area contributed by atoms with Crippen LogP contribution in [0.5, 0.6) is 0 Å². The van der Waals surface area contributed by atoms with Gasteiger partial charge < -0.3 is 0 Å². The molecular weight excluding hydrogens is 238 g/mol. The minimum atomic E-state index is -0.331. The van der Waals surface area contributed by atoms with E-state index in [2.05, 4.69) is 0 Å². The highest BCUT2D eigenvalue weighted by Crippen LogP contribution is 2.28. The molecule has 1 aromatic carbocycles. The molecule has 1 aromatic rings. The third kappa shape index (κ3) is 3.56. The van der Waals surface area contributed by atoms with Crippen LogP contribution in [0.2, 0.25) is 0 Å². The minimum absolute atomic E-state index is 0.141. The lowest BCUT2D eigenvalue weighted by Gasteiger charge is -2.07. The first-order valence-electron chi connectivity index (χ1n) is 5.47. The summed E-state index contributed by atoms with van der Waals surface area (Å²) in [6.45, 7) is 5.79. The minimum Gasteiger partial charge on any atom is -0.258 e. The van der Waals surface area contributed by atoms with Crippen molar-refractivity contribution in [3.05, 3.63) is 45.0 Å². The summed E-state index contributed by atoms with van der Waals surface area (Å²) in [7, 11) is 0. The van der Waals surface area contributed by atoms with Gasteiger partial charge in [-0.1, -0.05) is 37.6 Å². The highest BCUT2D eigenvalue weighted by atomic mass is 35.5. The zero-order chi connectivity index (χ0) is 13.0. The standard InChI is InChI=1S/C13H16ClNO2/c1-9(2)12-5-4-11(6-10(3)8-14)7-13(12)15(16)17/h4-7,9H,8H2,1-3H3. The number of nitrogens with zero attached hydrogens (tertiary/aromatic N) is 1. The maximum Gasteiger partial charge on any atom is 0.273 e. The van der Waals surface area contributed by atoms with E-state index in [1.165, 1.54) is 0 Å². The number of hydrogen-bond donors (Lipinski definition) is 0. The molecule has 0 fully saturated rings. The number of benzene rings is 1. The molecule has 0 atom stereocenters. The van der Waals surface area contributed by atoms with Crippen LogP contribution >= 0.6 is 11.6 Å². The Labute approximate surface area is 106 Å². The third-order valence-electron chi connectivity index (χ3n) is 2.50. The molecule has 1 rings (SSSR count). The maximum absolute atomic E-state index is 11.0. The highest BCUT2D eigenvalue weighted by molar-refractivity contribution is 6.19. The Morgan fingerprint density at radius 3 is 2.65 bits per heavy atom. The van der Waals surface area contributed by atoms with Gasteiger partial charge in [0.05, 0.1) is 4.92 Å². The summed E-state index contributed by atoms with van der Waals surface area (Å²) in [5.74, 6) is 0.572. The van der Waals surface area contributed by atoms with Crippen LogP contribution < -0.4 is 0 Å². The van der Waals surface area contributed by atoms with Crippen LogP contribution in [0.1, 0.15) is 37.8 Å². The van der Waals surface area contributed by atoms with Crippen molar-refractivity contribution in [2.24, 2.45) is 0 Å². The summed E-state index contributed by atoms with van der Waals surface area (Å²) in [4.78, 5) is 10.7. The third-order valence-corrected chi connectivity index (χ3v) is 2.92. The average Bonchev–Trinajstić information content (AvgIpc) is 2.28. The van der Waals surface area contributed by atoms with Crippen LogP contribution in [-0.4, -0.2) is 10.8 Å². The predicted octanol–water partition coefficient (Wildman–Crippen LogP) is 4.36. The molecule has 0 amide bonds. The molecule has 0 saturated heterocycles. The molecule has 3 nitrogen and oxygen atoms in total. The summed E-state index contributed by atoms with van der Waals surface area (Å²) in [5.41, 5.74) is 2.74. The predicted molar refractivity (Wildman–Crippen MR) is 71.6 cm³/mol. The fraction of sp³-hybridized carbons (Fsp3) is 0.385. The molecule has 0 heterocycles. The molecule has 0 unspecified atom stereocenters. The monoisotopic (exact) mass is 253 g/mol. The Hall–Kier alpha value is -1.35. The van der Waals surface area contributed by atoms with Crippen molar-refractivity contribution in [2.75, 3.05) is 5.88 Å². The van der Waals surface area contributed by atoms with E-state index in [0.29, 0.717) is 5.88 Å². The molecule has 92 valence electrons. The summed E-state index contributed by atoms with van der Waals surface area (Å²) in [6.07, 6.45) is 1.87. The van der Waals surface area contributed by atoms with Gasteiger partial charge in [0.2, 0.25) is 0 Å². The van der Waals surface area contributed by atoms with E-state index < -0.39 is 0 Å². The molecule has 0 spiro atoms. The first-order chi connectivity index (χ1) is 7.95. The molecule has 0 aliphatic carbocycles. The molecule has 0 bridgehead atoms. The van der Waals surface area contributed by atoms with Crippen molar-refractivity contribution in [1.82, 2.24) is 0 Å². The Morgan fingerprint density at radius 2 is 2.18 bits per heavy atom. The van der Waals surface area contributed by atoms with Gasteiger partial charge in [0.15, 0.2) is 0 Å². The second-order valence-corrected chi connectivity index (χ2v) is 4.62. The topological polar surface area (TPSA) is 43.1 Å². The maximum atomic E-state index is 11.0. The Kier molecular flexibility index (Phi) is 4.70. The van der Waals surface area contributed by atoms with Crippen LogP contribution in [0.3, 0.4) is 0 Å². The number of hydrogen-bond acceptors (Lipinski definition) is 2. The van der Waals surface area contributed by atoms with Gasteiger partial charge in [-0.2, -0.15) is 0 Å². The molecular formula is C13H16ClNO2. The lowest BCUT2D eigenvalue weighted by atomic mass is 9.99. The Bertz CT molecular complexity index is 453. The molecule has 0 aliphatic heterocycles. The van der Waals surface area contributed by atoms with Crippen LogP contribution in [-0.2, 0) is 0 Å². The fourth-order valence-corrected chi connectivity index (χ4v) is 1.70. The van der Waals surface area contributed by atoms with Gasteiger partial charge in [-0.25, -0.2) is 0 Å². The number of alkyl halides is 1. The second-order valence-electron chi connectivity index (χ2n) is 4.35. The summed E-state index contributed by atoms with van der Waals surface area (Å²) < 4.78 is 0. The quantitative estimate of drug-likeness (QED) is 0.455. The smallest absolute Gasteiger partial charge is 0.258 e. The lowest BCUT2D eigenvalue weighted by Crippen LogP contribution is -1.97. The second kappa shape index (κ2) is 5.82. The van der Waals surface area contributed by atoms with Crippen molar-refractivity contribution >= 4 is 23.4 Å². The Morgan fingerprint density at radius 1 is 1.53 bits per heavy atom. The van der Waals surface area contributed by atoms with E-state index in [1.807, 2.05) is 39.0 Å². The van der Waals surface area contributed by atoms with E-state index in [4.69, 9.17) is 11.6 Å². The van der Waals surface area contributed by atoms with E-state index in [-0.39, 0.29) is 16.5 Å². The van der Waals surface area contributed by atoms with E-state index >= 15 is 0 Å². The highest BCUT2D eigenvalue weighted by Gasteiger charge is 2.16. The summed E-state index contributed by atoms with van der Waals surface area (Å²) in [5, 5.41) is 11.0. The first kappa shape index (κ1) is 13.7. The van der Waals surface area contributed by atoms with Crippen LogP contribution in [0.25, 0.3) is 6.08 Å². The molecule has 0 aromatic heterocycles. The lowest BCUT2D eigenvalue weighted by molar-refractivity contribution is -0.385. The molecule has 0 aliphatic rings. The molecule has 4 heteroatoms. The van der Waals surface area contributed by atoms with E-state index in [0.717, 1.165) is 16.7 Å². The van der Waals surface area contributed by atoms with Crippen LogP contribution in [0.4, 0.5) is 5.69 Å². The van der Waals surface area contributed by atoms with Gasteiger partial charge in [-0.3, -0.25) is 10.1 Å². The van der Waals surface area contributed by atoms with E-state index in [9.17, 15) is 10.1 Å². The van der Waals surface area contributed by atoms with Gasteiger partial charge in [0.1, 0.15) is 0 Å². The van der Waals surface area contributed by atoms with Crippen molar-refractivity contribution < 1.29 is 4.92 Å².